The zero-order valence-corrected chi connectivity index (χ0v) is 10.9. The van der Waals surface area contributed by atoms with Gasteiger partial charge in [0.25, 0.3) is 0 Å². The first-order valence-electron chi connectivity index (χ1n) is 5.79. The van der Waals surface area contributed by atoms with Crippen LogP contribution in [0.2, 0.25) is 0 Å². The highest BCUT2D eigenvalue weighted by molar-refractivity contribution is 5.46. The molecule has 0 atom stereocenters. The molecule has 0 aromatic carbocycles. The summed E-state index contributed by atoms with van der Waals surface area (Å²) in [6.45, 7) is 5.89. The summed E-state index contributed by atoms with van der Waals surface area (Å²) in [5.41, 5.74) is 3.11. The molecule has 1 rings (SSSR count). The molecule has 1 aromatic rings. The average molecular weight is 239 g/mol. The predicted octanol–water partition coefficient (Wildman–Crippen LogP) is 1.33. The van der Waals surface area contributed by atoms with Crippen LogP contribution in [0.1, 0.15) is 19.7 Å². The van der Waals surface area contributed by atoms with Gasteiger partial charge in [-0.1, -0.05) is 0 Å². The quantitative estimate of drug-likeness (QED) is 0.700. The van der Waals surface area contributed by atoms with Gasteiger partial charge in [-0.15, -0.1) is 0 Å². The summed E-state index contributed by atoms with van der Waals surface area (Å²) in [5.74, 6) is 2.24. The van der Waals surface area contributed by atoms with E-state index in [9.17, 15) is 0 Å². The van der Waals surface area contributed by atoms with Crippen LogP contribution in [0.15, 0.2) is 6.07 Å². The summed E-state index contributed by atoms with van der Waals surface area (Å²) in [6, 6.07) is 1.87. The van der Waals surface area contributed by atoms with E-state index < -0.39 is 0 Å². The molecule has 0 fully saturated rings. The molecular formula is C11H21N5O. The summed E-state index contributed by atoms with van der Waals surface area (Å²) in [4.78, 5) is 8.73. The van der Waals surface area contributed by atoms with Gasteiger partial charge in [-0.2, -0.15) is 0 Å². The Labute approximate surface area is 102 Å². The largest absolute Gasteiger partial charge is 0.374 e. The fraction of sp³-hybridized carbons (Fsp3) is 0.636. The third-order valence-electron chi connectivity index (χ3n) is 1.90. The van der Waals surface area contributed by atoms with Gasteiger partial charge < -0.3 is 15.5 Å². The first-order valence-corrected chi connectivity index (χ1v) is 5.79. The minimum absolute atomic E-state index is 0.428. The Morgan fingerprint density at radius 3 is 2.53 bits per heavy atom. The van der Waals surface area contributed by atoms with E-state index in [0.29, 0.717) is 19.0 Å². The van der Waals surface area contributed by atoms with Gasteiger partial charge in [-0.05, 0) is 13.8 Å². The van der Waals surface area contributed by atoms with Crippen molar-refractivity contribution in [1.82, 2.24) is 15.0 Å². The highest BCUT2D eigenvalue weighted by atomic mass is 16.5. The second-order valence-electron chi connectivity index (χ2n) is 3.73. The first-order chi connectivity index (χ1) is 8.15. The van der Waals surface area contributed by atoms with E-state index in [4.69, 9.17) is 4.74 Å². The number of hydrogen-bond donors (Lipinski definition) is 2. The topological polar surface area (TPSA) is 62.3 Å². The monoisotopic (exact) mass is 239 g/mol. The van der Waals surface area contributed by atoms with Crippen LogP contribution < -0.4 is 10.7 Å². The number of nitrogens with one attached hydrogen (secondary N) is 2. The fourth-order valence-corrected chi connectivity index (χ4v) is 1.31. The maximum Gasteiger partial charge on any atom is 0.158 e. The van der Waals surface area contributed by atoms with Crippen LogP contribution in [0, 0.1) is 0 Å². The predicted molar refractivity (Wildman–Crippen MR) is 68.8 cm³/mol. The standard InChI is InChI=1S/C11H21N5O/c1-5-12-9-7-10(15-16(3)4)14-11(13-9)8-17-6-2/h7H,5-6,8H2,1-4H3,(H2,12,13,14,15). The lowest BCUT2D eigenvalue weighted by Gasteiger charge is -2.14. The third-order valence-corrected chi connectivity index (χ3v) is 1.90. The summed E-state index contributed by atoms with van der Waals surface area (Å²) in [7, 11) is 3.83. The number of rotatable bonds is 7. The van der Waals surface area contributed by atoms with Crippen molar-refractivity contribution in [3.63, 3.8) is 0 Å². The lowest BCUT2D eigenvalue weighted by molar-refractivity contribution is 0.128. The molecule has 0 aliphatic heterocycles. The molecule has 0 bridgehead atoms. The number of hydrazine groups is 1. The van der Waals surface area contributed by atoms with Crippen LogP contribution in [0.3, 0.4) is 0 Å². The summed E-state index contributed by atoms with van der Waals surface area (Å²) < 4.78 is 5.32. The molecule has 6 heteroatoms. The molecule has 0 aliphatic carbocycles. The van der Waals surface area contributed by atoms with Crippen molar-refractivity contribution >= 4 is 11.6 Å². The van der Waals surface area contributed by atoms with Crippen molar-refractivity contribution in [2.24, 2.45) is 0 Å². The van der Waals surface area contributed by atoms with Crippen LogP contribution in [-0.2, 0) is 11.3 Å². The smallest absolute Gasteiger partial charge is 0.158 e. The Balaban J connectivity index is 2.84. The third kappa shape index (κ3) is 4.97. The number of hydrogen-bond acceptors (Lipinski definition) is 6. The van der Waals surface area contributed by atoms with E-state index in [1.807, 2.05) is 39.0 Å². The molecule has 0 saturated heterocycles. The minimum atomic E-state index is 0.428. The molecule has 1 aromatic heterocycles. The Kier molecular flexibility index (Phi) is 5.65. The average Bonchev–Trinajstić information content (AvgIpc) is 2.25. The van der Waals surface area contributed by atoms with E-state index in [1.54, 1.807) is 0 Å². The van der Waals surface area contributed by atoms with Crippen LogP contribution in [-0.4, -0.2) is 42.2 Å². The van der Waals surface area contributed by atoms with Crippen LogP contribution in [0.25, 0.3) is 0 Å². The molecule has 2 N–H and O–H groups in total. The molecule has 0 radical (unpaired) electrons. The van der Waals surface area contributed by atoms with Crippen LogP contribution in [0.5, 0.6) is 0 Å². The highest BCUT2D eigenvalue weighted by Crippen LogP contribution is 2.12. The minimum Gasteiger partial charge on any atom is -0.374 e. The van der Waals surface area contributed by atoms with Crippen molar-refractivity contribution in [3.05, 3.63) is 11.9 Å². The second kappa shape index (κ2) is 7.03. The van der Waals surface area contributed by atoms with E-state index in [-0.39, 0.29) is 0 Å². The van der Waals surface area contributed by atoms with Gasteiger partial charge in [0.1, 0.15) is 18.2 Å². The normalized spacial score (nSPS) is 10.6. The lowest BCUT2D eigenvalue weighted by Crippen LogP contribution is -2.21. The zero-order valence-electron chi connectivity index (χ0n) is 10.9. The molecule has 96 valence electrons. The molecular weight excluding hydrogens is 218 g/mol. The maximum absolute atomic E-state index is 5.32. The van der Waals surface area contributed by atoms with E-state index in [1.165, 1.54) is 0 Å². The molecule has 0 aliphatic rings. The van der Waals surface area contributed by atoms with Gasteiger partial charge in [0.2, 0.25) is 0 Å². The Morgan fingerprint density at radius 1 is 1.24 bits per heavy atom. The van der Waals surface area contributed by atoms with Crippen molar-refractivity contribution in [3.8, 4) is 0 Å². The summed E-state index contributed by atoms with van der Waals surface area (Å²) in [5, 5.41) is 5.01. The Morgan fingerprint density at radius 2 is 1.94 bits per heavy atom. The zero-order chi connectivity index (χ0) is 12.7. The van der Waals surface area contributed by atoms with E-state index in [0.717, 1.165) is 18.2 Å². The highest BCUT2D eigenvalue weighted by Gasteiger charge is 2.04. The van der Waals surface area contributed by atoms with Crippen LogP contribution in [0.4, 0.5) is 11.6 Å². The SMILES string of the molecule is CCNc1cc(NN(C)C)nc(COCC)n1. The molecule has 0 spiro atoms. The van der Waals surface area contributed by atoms with Crippen molar-refractivity contribution < 1.29 is 4.74 Å². The van der Waals surface area contributed by atoms with Gasteiger partial charge in [0, 0.05) is 33.3 Å². The molecule has 0 unspecified atom stereocenters. The first kappa shape index (κ1) is 13.7. The van der Waals surface area contributed by atoms with Gasteiger partial charge in [-0.3, -0.25) is 0 Å². The van der Waals surface area contributed by atoms with Gasteiger partial charge >= 0.3 is 0 Å². The number of anilines is 2. The van der Waals surface area contributed by atoms with Crippen molar-refractivity contribution in [2.45, 2.75) is 20.5 Å². The molecule has 1 heterocycles. The maximum atomic E-state index is 5.32. The Bertz CT molecular complexity index is 343. The lowest BCUT2D eigenvalue weighted by atomic mass is 10.4. The molecule has 0 saturated carbocycles. The fourth-order valence-electron chi connectivity index (χ4n) is 1.31. The second-order valence-corrected chi connectivity index (χ2v) is 3.73. The van der Waals surface area contributed by atoms with Gasteiger partial charge in [-0.25, -0.2) is 15.0 Å². The number of aromatic nitrogens is 2. The summed E-state index contributed by atoms with van der Waals surface area (Å²) in [6.07, 6.45) is 0. The van der Waals surface area contributed by atoms with E-state index in [2.05, 4.69) is 20.7 Å². The molecule has 0 amide bonds. The van der Waals surface area contributed by atoms with Crippen molar-refractivity contribution in [1.29, 1.82) is 0 Å². The van der Waals surface area contributed by atoms with E-state index >= 15 is 0 Å². The number of nitrogens with zero attached hydrogens (tertiary/aromatic N) is 3. The number of ether oxygens (including phenoxy) is 1. The van der Waals surface area contributed by atoms with Crippen molar-refractivity contribution in [2.75, 3.05) is 38.0 Å². The molecule has 17 heavy (non-hydrogen) atoms. The van der Waals surface area contributed by atoms with Gasteiger partial charge in [0.05, 0.1) is 0 Å². The van der Waals surface area contributed by atoms with Crippen LogP contribution >= 0.6 is 0 Å². The van der Waals surface area contributed by atoms with Gasteiger partial charge in [0.15, 0.2) is 5.82 Å². The molecule has 6 nitrogen and oxygen atoms in total. The summed E-state index contributed by atoms with van der Waals surface area (Å²) >= 11 is 0. The Hall–Kier alpha value is -1.40.